The van der Waals surface area contributed by atoms with Gasteiger partial charge in [0.2, 0.25) is 5.75 Å². The summed E-state index contributed by atoms with van der Waals surface area (Å²) in [5.74, 6) is 1.32. The van der Waals surface area contributed by atoms with Gasteiger partial charge in [-0.2, -0.15) is 0 Å². The number of methoxy groups -OCH3 is 2. The van der Waals surface area contributed by atoms with Gasteiger partial charge in [-0.3, -0.25) is 9.59 Å². The number of likely N-dealkylation sites (tertiary alicyclic amines) is 1. The maximum absolute atomic E-state index is 12.8. The molecule has 2 aromatic carbocycles. The summed E-state index contributed by atoms with van der Waals surface area (Å²) in [6.45, 7) is 1.00. The van der Waals surface area contributed by atoms with E-state index in [9.17, 15) is 9.59 Å². The highest BCUT2D eigenvalue weighted by molar-refractivity contribution is 6.30. The minimum absolute atomic E-state index is 0.0156. The quantitative estimate of drug-likeness (QED) is 0.758. The van der Waals surface area contributed by atoms with Crippen molar-refractivity contribution in [2.24, 2.45) is 0 Å². The van der Waals surface area contributed by atoms with Crippen LogP contribution in [0.5, 0.6) is 17.2 Å². The number of carbonyl (C=O) groups is 2. The van der Waals surface area contributed by atoms with Crippen LogP contribution in [-0.2, 0) is 0 Å². The molecule has 1 fully saturated rings. The van der Waals surface area contributed by atoms with Crippen LogP contribution in [0.3, 0.4) is 0 Å². The number of halogens is 1. The smallest absolute Gasteiger partial charge is 0.253 e. The summed E-state index contributed by atoms with van der Waals surface area (Å²) in [4.78, 5) is 27.4. The van der Waals surface area contributed by atoms with Gasteiger partial charge in [0.1, 0.15) is 5.60 Å². The number of benzene rings is 2. The Morgan fingerprint density at radius 2 is 1.90 bits per heavy atom. The van der Waals surface area contributed by atoms with Crippen LogP contribution in [0.1, 0.15) is 40.0 Å². The van der Waals surface area contributed by atoms with Crippen molar-refractivity contribution >= 4 is 23.3 Å². The van der Waals surface area contributed by atoms with E-state index in [1.54, 1.807) is 48.4 Å². The highest BCUT2D eigenvalue weighted by atomic mass is 35.5. The Balaban J connectivity index is 1.55. The number of fused-ring (bicyclic) bond motifs is 1. The molecule has 0 N–H and O–H groups in total. The molecule has 0 saturated carbocycles. The van der Waals surface area contributed by atoms with Crippen LogP contribution >= 0.6 is 11.6 Å². The van der Waals surface area contributed by atoms with Gasteiger partial charge in [0.25, 0.3) is 5.91 Å². The molecular weight excluding hydrogens is 394 g/mol. The summed E-state index contributed by atoms with van der Waals surface area (Å²) in [5.41, 5.74) is 0.422. The fraction of sp³-hybridized carbons (Fsp3) is 0.364. The highest BCUT2D eigenvalue weighted by Crippen LogP contribution is 2.47. The molecule has 4 rings (SSSR count). The summed E-state index contributed by atoms with van der Waals surface area (Å²) in [5, 5.41) is 0.531. The Labute approximate surface area is 174 Å². The number of rotatable bonds is 3. The number of ketones is 1. The molecule has 2 aliphatic rings. The fourth-order valence-corrected chi connectivity index (χ4v) is 4.25. The zero-order chi connectivity index (χ0) is 20.6. The van der Waals surface area contributed by atoms with Crippen LogP contribution in [0.25, 0.3) is 0 Å². The first-order valence-corrected chi connectivity index (χ1v) is 9.86. The van der Waals surface area contributed by atoms with Crippen molar-refractivity contribution in [1.82, 2.24) is 4.90 Å². The van der Waals surface area contributed by atoms with E-state index in [-0.39, 0.29) is 18.1 Å². The number of carbonyl (C=O) groups excluding carboxylic acids is 2. The molecule has 2 heterocycles. The zero-order valence-corrected chi connectivity index (χ0v) is 17.1. The predicted molar refractivity (Wildman–Crippen MR) is 108 cm³/mol. The van der Waals surface area contributed by atoms with Crippen LogP contribution in [-0.4, -0.2) is 49.5 Å². The molecule has 2 aliphatic heterocycles. The van der Waals surface area contributed by atoms with Gasteiger partial charge in [0, 0.05) is 36.5 Å². The third-order valence-corrected chi connectivity index (χ3v) is 5.87. The van der Waals surface area contributed by atoms with Gasteiger partial charge in [-0.05, 0) is 30.3 Å². The summed E-state index contributed by atoms with van der Waals surface area (Å²) in [6, 6.07) is 10.4. The first-order chi connectivity index (χ1) is 14.0. The van der Waals surface area contributed by atoms with E-state index >= 15 is 0 Å². The van der Waals surface area contributed by atoms with Gasteiger partial charge in [-0.25, -0.2) is 0 Å². The van der Waals surface area contributed by atoms with Crippen LogP contribution in [0.15, 0.2) is 36.4 Å². The Morgan fingerprint density at radius 3 is 2.55 bits per heavy atom. The average Bonchev–Trinajstić information content (AvgIpc) is 2.73. The molecule has 7 heteroatoms. The molecule has 1 amide bonds. The summed E-state index contributed by atoms with van der Waals surface area (Å²) >= 11 is 6.01. The first-order valence-electron chi connectivity index (χ1n) is 9.48. The lowest BCUT2D eigenvalue weighted by Gasteiger charge is -2.44. The van der Waals surface area contributed by atoms with Crippen molar-refractivity contribution in [3.63, 3.8) is 0 Å². The van der Waals surface area contributed by atoms with Crippen LogP contribution in [0, 0.1) is 0 Å². The molecule has 1 spiro atoms. The van der Waals surface area contributed by atoms with Crippen molar-refractivity contribution < 1.29 is 23.8 Å². The fourth-order valence-electron chi connectivity index (χ4n) is 4.06. The molecule has 0 aromatic heterocycles. The maximum atomic E-state index is 12.8. The van der Waals surface area contributed by atoms with Crippen molar-refractivity contribution in [2.45, 2.75) is 24.9 Å². The second-order valence-corrected chi connectivity index (χ2v) is 7.80. The highest BCUT2D eigenvalue weighted by Gasteiger charge is 2.45. The number of Topliss-reactive ketones (excluding diaryl/α,β-unsaturated/α-hetero) is 1. The SMILES string of the molecule is COc1ccc2c(c1OC)OC1(CCN(C(=O)c3cccc(Cl)c3)CC1)CC2=O. The third kappa shape index (κ3) is 3.53. The minimum atomic E-state index is -0.644. The Hall–Kier alpha value is -2.73. The topological polar surface area (TPSA) is 65.1 Å². The monoisotopic (exact) mass is 415 g/mol. The summed E-state index contributed by atoms with van der Waals surface area (Å²) in [6.07, 6.45) is 1.41. The number of piperidine rings is 1. The number of ether oxygens (including phenoxy) is 3. The van der Waals surface area contributed by atoms with E-state index in [0.717, 1.165) is 0 Å². The molecule has 0 unspecified atom stereocenters. The summed E-state index contributed by atoms with van der Waals surface area (Å²) < 4.78 is 17.2. The molecule has 0 radical (unpaired) electrons. The van der Waals surface area contributed by atoms with Crippen molar-refractivity contribution in [3.05, 3.63) is 52.5 Å². The van der Waals surface area contributed by atoms with Crippen LogP contribution < -0.4 is 14.2 Å². The van der Waals surface area contributed by atoms with Crippen molar-refractivity contribution in [1.29, 1.82) is 0 Å². The standard InChI is InChI=1S/C22H22ClNO5/c1-27-18-7-6-16-17(25)13-22(29-19(16)20(18)28-2)8-10-24(11-9-22)21(26)14-4-3-5-15(23)12-14/h3-7,12H,8-11,13H2,1-2H3. The lowest BCUT2D eigenvalue weighted by Crippen LogP contribution is -2.52. The zero-order valence-electron chi connectivity index (χ0n) is 16.4. The third-order valence-electron chi connectivity index (χ3n) is 5.64. The van der Waals surface area contributed by atoms with E-state index in [4.69, 9.17) is 25.8 Å². The molecule has 2 aromatic rings. The van der Waals surface area contributed by atoms with Gasteiger partial charge in [-0.15, -0.1) is 0 Å². The van der Waals surface area contributed by atoms with Crippen LogP contribution in [0.2, 0.25) is 5.02 Å². The van der Waals surface area contributed by atoms with Gasteiger partial charge < -0.3 is 19.1 Å². The van der Waals surface area contributed by atoms with Gasteiger partial charge >= 0.3 is 0 Å². The second-order valence-electron chi connectivity index (χ2n) is 7.37. The molecule has 29 heavy (non-hydrogen) atoms. The van der Waals surface area contributed by atoms with Crippen LogP contribution in [0.4, 0.5) is 0 Å². The number of amides is 1. The molecule has 1 saturated heterocycles. The maximum Gasteiger partial charge on any atom is 0.253 e. The normalized spacial score (nSPS) is 17.5. The predicted octanol–water partition coefficient (Wildman–Crippen LogP) is 4.00. The Morgan fingerprint density at radius 1 is 1.14 bits per heavy atom. The largest absolute Gasteiger partial charge is 0.493 e. The van der Waals surface area contributed by atoms with E-state index < -0.39 is 5.60 Å². The molecule has 0 atom stereocenters. The van der Waals surface area contributed by atoms with Crippen molar-refractivity contribution in [3.8, 4) is 17.2 Å². The number of hydrogen-bond donors (Lipinski definition) is 0. The lowest BCUT2D eigenvalue weighted by atomic mass is 9.82. The number of nitrogens with zero attached hydrogens (tertiary/aromatic N) is 1. The van der Waals surface area contributed by atoms with E-state index in [1.807, 2.05) is 0 Å². The second kappa shape index (κ2) is 7.59. The van der Waals surface area contributed by atoms with Crippen molar-refractivity contribution in [2.75, 3.05) is 27.3 Å². The molecule has 0 bridgehead atoms. The molecule has 0 aliphatic carbocycles. The average molecular weight is 416 g/mol. The lowest BCUT2D eigenvalue weighted by molar-refractivity contribution is -0.00745. The first kappa shape index (κ1) is 19.6. The van der Waals surface area contributed by atoms with Gasteiger partial charge in [-0.1, -0.05) is 17.7 Å². The Kier molecular flexibility index (Phi) is 5.13. The number of hydrogen-bond acceptors (Lipinski definition) is 5. The Bertz CT molecular complexity index is 966. The minimum Gasteiger partial charge on any atom is -0.493 e. The molecule has 152 valence electrons. The summed E-state index contributed by atoms with van der Waals surface area (Å²) in [7, 11) is 3.07. The van der Waals surface area contributed by atoms with E-state index in [2.05, 4.69) is 0 Å². The van der Waals surface area contributed by atoms with Gasteiger partial charge in [0.05, 0.1) is 26.2 Å². The molecular formula is C22H22ClNO5. The van der Waals surface area contributed by atoms with E-state index in [1.165, 1.54) is 7.11 Å². The van der Waals surface area contributed by atoms with Gasteiger partial charge in [0.15, 0.2) is 17.3 Å². The molecule has 6 nitrogen and oxygen atoms in total. The van der Waals surface area contributed by atoms with E-state index in [0.29, 0.717) is 59.3 Å².